The third-order valence-corrected chi connectivity index (χ3v) is 6.34. The maximum atomic E-state index is 12.7. The monoisotopic (exact) mass is 357 g/mol. The smallest absolute Gasteiger partial charge is 0.293 e. The number of ether oxygens (including phenoxy) is 1. The maximum Gasteiger partial charge on any atom is 0.293 e. The van der Waals surface area contributed by atoms with Crippen molar-refractivity contribution in [2.24, 2.45) is 0 Å². The Morgan fingerprint density at radius 2 is 2.20 bits per heavy atom. The molecule has 1 fully saturated rings. The minimum Gasteiger partial charge on any atom is -0.378 e. The molecule has 0 radical (unpaired) electrons. The van der Waals surface area contributed by atoms with Gasteiger partial charge < -0.3 is 9.64 Å². The lowest BCUT2D eigenvalue weighted by Crippen LogP contribution is -2.41. The van der Waals surface area contributed by atoms with Crippen LogP contribution >= 0.6 is 11.3 Å². The molecule has 1 aliphatic carbocycles. The molecule has 4 heterocycles. The highest BCUT2D eigenvalue weighted by molar-refractivity contribution is 7.19. The molecule has 0 spiro atoms. The number of nitrogens with zero attached hydrogens (tertiary/aromatic N) is 5. The third kappa shape index (κ3) is 2.35. The van der Waals surface area contributed by atoms with Gasteiger partial charge in [-0.25, -0.2) is 14.5 Å². The van der Waals surface area contributed by atoms with Crippen LogP contribution in [0.15, 0.2) is 6.33 Å². The molecule has 25 heavy (non-hydrogen) atoms. The van der Waals surface area contributed by atoms with Crippen LogP contribution in [-0.2, 0) is 11.2 Å². The summed E-state index contributed by atoms with van der Waals surface area (Å²) in [5.41, 5.74) is 2.12. The van der Waals surface area contributed by atoms with Crippen molar-refractivity contribution in [3.8, 4) is 0 Å². The van der Waals surface area contributed by atoms with E-state index in [4.69, 9.17) is 4.74 Å². The molecular formula is C17H19N5O2S. The molecule has 0 N–H and O–H groups in total. The first-order valence-corrected chi connectivity index (χ1v) is 9.57. The van der Waals surface area contributed by atoms with Crippen LogP contribution in [0.4, 0.5) is 0 Å². The van der Waals surface area contributed by atoms with Crippen molar-refractivity contribution in [1.29, 1.82) is 0 Å². The molecule has 3 aromatic heterocycles. The first-order valence-electron chi connectivity index (χ1n) is 8.76. The highest BCUT2D eigenvalue weighted by Gasteiger charge is 2.27. The van der Waals surface area contributed by atoms with Crippen LogP contribution in [0.1, 0.15) is 46.7 Å². The summed E-state index contributed by atoms with van der Waals surface area (Å²) in [6.07, 6.45) is 5.20. The lowest BCUT2D eigenvalue weighted by Gasteiger charge is -2.25. The van der Waals surface area contributed by atoms with Gasteiger partial charge in [0.05, 0.1) is 18.6 Å². The van der Waals surface area contributed by atoms with Gasteiger partial charge in [-0.15, -0.1) is 16.4 Å². The second-order valence-corrected chi connectivity index (χ2v) is 7.85. The molecule has 2 aliphatic rings. The zero-order chi connectivity index (χ0) is 17.0. The number of hydrogen-bond acceptors (Lipinski definition) is 6. The van der Waals surface area contributed by atoms with Gasteiger partial charge in [0, 0.05) is 18.0 Å². The van der Waals surface area contributed by atoms with Crippen molar-refractivity contribution in [3.05, 3.63) is 22.6 Å². The van der Waals surface area contributed by atoms with E-state index in [1.807, 2.05) is 0 Å². The van der Waals surface area contributed by atoms with E-state index in [0.717, 1.165) is 22.3 Å². The fourth-order valence-electron chi connectivity index (χ4n) is 3.88. The molecule has 8 heteroatoms. The highest BCUT2D eigenvalue weighted by Crippen LogP contribution is 2.42. The molecule has 1 atom stereocenters. The number of fused-ring (bicyclic) bond motifs is 5. The van der Waals surface area contributed by atoms with Gasteiger partial charge in [-0.3, -0.25) is 4.79 Å². The van der Waals surface area contributed by atoms with Gasteiger partial charge in [-0.1, -0.05) is 6.92 Å². The third-order valence-electron chi connectivity index (χ3n) is 5.17. The standard InChI is InChI=1S/C17H19N5O2S/c1-10-3-2-4-11-12(10)13-15-19-14(17(23)21-5-7-24-8-6-21)20-22(15)9-18-16(13)25-11/h9-10H,2-8H2,1H3/t10-/m1/s1. The van der Waals surface area contributed by atoms with Crippen LogP contribution in [0.5, 0.6) is 0 Å². The van der Waals surface area contributed by atoms with Crippen LogP contribution in [0.3, 0.4) is 0 Å². The molecule has 3 aromatic rings. The number of carbonyl (C=O) groups is 1. The fraction of sp³-hybridized carbons (Fsp3) is 0.529. The number of carbonyl (C=O) groups excluding carboxylic acids is 1. The van der Waals surface area contributed by atoms with E-state index in [1.54, 1.807) is 27.1 Å². The SMILES string of the molecule is C[C@@H]1CCCc2sc3ncn4nc(C(=O)N5CCOCC5)nc4c3c21. The van der Waals surface area contributed by atoms with Crippen LogP contribution < -0.4 is 0 Å². The first kappa shape index (κ1) is 15.2. The predicted molar refractivity (Wildman–Crippen MR) is 94.2 cm³/mol. The number of thiophene rings is 1. The van der Waals surface area contributed by atoms with Crippen LogP contribution in [0.2, 0.25) is 0 Å². The summed E-state index contributed by atoms with van der Waals surface area (Å²) in [6.45, 7) is 4.59. The van der Waals surface area contributed by atoms with E-state index < -0.39 is 0 Å². The normalized spacial score (nSPS) is 21.0. The first-order chi connectivity index (χ1) is 12.2. The average Bonchev–Trinajstić information content (AvgIpc) is 3.23. The number of aromatic nitrogens is 4. The Labute approximate surface area is 148 Å². The van der Waals surface area contributed by atoms with Gasteiger partial charge in [0.2, 0.25) is 5.82 Å². The molecule has 1 aliphatic heterocycles. The molecule has 0 saturated carbocycles. The second-order valence-electron chi connectivity index (χ2n) is 6.77. The van der Waals surface area contributed by atoms with Crippen LogP contribution in [0, 0.1) is 0 Å². The molecule has 0 aromatic carbocycles. The van der Waals surface area contributed by atoms with Crippen molar-refractivity contribution < 1.29 is 9.53 Å². The summed E-state index contributed by atoms with van der Waals surface area (Å²) < 4.78 is 6.97. The Morgan fingerprint density at radius 3 is 3.04 bits per heavy atom. The maximum absolute atomic E-state index is 12.7. The number of aryl methyl sites for hydroxylation is 1. The van der Waals surface area contributed by atoms with Crippen molar-refractivity contribution in [3.63, 3.8) is 0 Å². The summed E-state index contributed by atoms with van der Waals surface area (Å²) in [5.74, 6) is 0.623. The average molecular weight is 357 g/mol. The van der Waals surface area contributed by atoms with Gasteiger partial charge in [-0.05, 0) is 30.7 Å². The Bertz CT molecular complexity index is 972. The van der Waals surface area contributed by atoms with Gasteiger partial charge in [0.1, 0.15) is 11.2 Å². The Balaban J connectivity index is 1.65. The zero-order valence-electron chi connectivity index (χ0n) is 14.1. The van der Waals surface area contributed by atoms with E-state index in [9.17, 15) is 4.79 Å². The Morgan fingerprint density at radius 1 is 1.36 bits per heavy atom. The number of rotatable bonds is 1. The lowest BCUT2D eigenvalue weighted by atomic mass is 9.87. The summed E-state index contributed by atoms with van der Waals surface area (Å²) >= 11 is 1.76. The van der Waals surface area contributed by atoms with Crippen molar-refractivity contribution >= 4 is 33.1 Å². The predicted octanol–water partition coefficient (Wildman–Crippen LogP) is 2.25. The van der Waals surface area contributed by atoms with Crippen molar-refractivity contribution in [2.75, 3.05) is 26.3 Å². The zero-order valence-corrected chi connectivity index (χ0v) is 14.9. The van der Waals surface area contributed by atoms with Crippen LogP contribution in [0.25, 0.3) is 15.9 Å². The minimum absolute atomic E-state index is 0.128. The quantitative estimate of drug-likeness (QED) is 0.668. The number of morpholine rings is 1. The highest BCUT2D eigenvalue weighted by atomic mass is 32.1. The summed E-state index contributed by atoms with van der Waals surface area (Å²) in [6, 6.07) is 0. The molecule has 0 bridgehead atoms. The fourth-order valence-corrected chi connectivity index (χ4v) is 5.18. The summed E-state index contributed by atoms with van der Waals surface area (Å²) in [4.78, 5) is 26.1. The molecule has 1 saturated heterocycles. The minimum atomic E-state index is -0.128. The van der Waals surface area contributed by atoms with Gasteiger partial charge in [0.15, 0.2) is 5.65 Å². The van der Waals surface area contributed by atoms with Gasteiger partial charge in [0.25, 0.3) is 5.91 Å². The van der Waals surface area contributed by atoms with Crippen molar-refractivity contribution in [2.45, 2.75) is 32.1 Å². The summed E-state index contributed by atoms with van der Waals surface area (Å²) in [7, 11) is 0. The lowest BCUT2D eigenvalue weighted by molar-refractivity contribution is 0.0295. The van der Waals surface area contributed by atoms with E-state index in [0.29, 0.717) is 32.2 Å². The van der Waals surface area contributed by atoms with E-state index in [1.165, 1.54) is 23.3 Å². The molecule has 130 valence electrons. The van der Waals surface area contributed by atoms with Gasteiger partial charge >= 0.3 is 0 Å². The molecular weight excluding hydrogens is 338 g/mol. The number of hydrogen-bond donors (Lipinski definition) is 0. The van der Waals surface area contributed by atoms with E-state index in [2.05, 4.69) is 22.0 Å². The second kappa shape index (κ2) is 5.74. The molecule has 7 nitrogen and oxygen atoms in total. The van der Waals surface area contributed by atoms with E-state index in [-0.39, 0.29) is 11.7 Å². The molecule has 1 amide bonds. The number of amides is 1. The Hall–Kier alpha value is -2.06. The van der Waals surface area contributed by atoms with Crippen molar-refractivity contribution in [1.82, 2.24) is 24.5 Å². The topological polar surface area (TPSA) is 72.6 Å². The Kier molecular flexibility index (Phi) is 3.49. The summed E-state index contributed by atoms with van der Waals surface area (Å²) in [5, 5.41) is 5.49. The molecule has 0 unspecified atom stereocenters. The van der Waals surface area contributed by atoms with Crippen LogP contribution in [-0.4, -0.2) is 56.7 Å². The molecule has 5 rings (SSSR count). The largest absolute Gasteiger partial charge is 0.378 e. The van der Waals surface area contributed by atoms with E-state index >= 15 is 0 Å². The van der Waals surface area contributed by atoms with Gasteiger partial charge in [-0.2, -0.15) is 0 Å².